The second-order valence-corrected chi connectivity index (χ2v) is 7.69. The van der Waals surface area contributed by atoms with Crippen LogP contribution in [0.15, 0.2) is 70.2 Å². The van der Waals surface area contributed by atoms with E-state index in [1.165, 1.54) is 0 Å². The Bertz CT molecular complexity index is 1050. The van der Waals surface area contributed by atoms with Gasteiger partial charge in [-0.05, 0) is 30.4 Å². The van der Waals surface area contributed by atoms with E-state index in [2.05, 4.69) is 22.4 Å². The Balaban J connectivity index is 1.54. The van der Waals surface area contributed by atoms with Crippen molar-refractivity contribution >= 4 is 17.6 Å². The summed E-state index contributed by atoms with van der Waals surface area (Å²) >= 11 is 0. The van der Waals surface area contributed by atoms with E-state index in [1.54, 1.807) is 6.07 Å². The molecule has 0 spiro atoms. The Morgan fingerprint density at radius 3 is 2.73 bits per heavy atom. The fourth-order valence-electron chi connectivity index (χ4n) is 3.31. The lowest BCUT2D eigenvalue weighted by molar-refractivity contribution is 0.103. The van der Waals surface area contributed by atoms with Gasteiger partial charge in [0.15, 0.2) is 11.7 Å². The second-order valence-electron chi connectivity index (χ2n) is 7.69. The number of hydrogen-bond acceptors (Lipinski definition) is 6. The smallest absolute Gasteiger partial charge is 0.231 e. The van der Waals surface area contributed by atoms with E-state index in [0.29, 0.717) is 49.6 Å². The van der Waals surface area contributed by atoms with Gasteiger partial charge in [-0.25, -0.2) is 0 Å². The number of nitrogens with two attached hydrogens (primary N) is 1. The number of hydrogen-bond donors (Lipinski definition) is 3. The number of aliphatic hydroxyl groups is 1. The average Bonchev–Trinajstić information content (AvgIpc) is 3.27. The molecule has 0 amide bonds. The zero-order valence-electron chi connectivity index (χ0n) is 18.7. The molecule has 0 fully saturated rings. The molecule has 174 valence electrons. The van der Waals surface area contributed by atoms with E-state index in [0.717, 1.165) is 11.3 Å². The number of carbonyl (C=O) groups excluding carboxylic acids is 1. The molecule has 1 atom stereocenters. The summed E-state index contributed by atoms with van der Waals surface area (Å²) in [6.07, 6.45) is 1.24. The van der Waals surface area contributed by atoms with Crippen LogP contribution in [0.3, 0.4) is 0 Å². The van der Waals surface area contributed by atoms with Gasteiger partial charge in [-0.3, -0.25) is 15.1 Å². The van der Waals surface area contributed by atoms with Gasteiger partial charge in [-0.2, -0.15) is 0 Å². The summed E-state index contributed by atoms with van der Waals surface area (Å²) in [7, 11) is 0. The quantitative estimate of drug-likeness (QED) is 0.167. The van der Waals surface area contributed by atoms with Gasteiger partial charge < -0.3 is 20.1 Å². The van der Waals surface area contributed by atoms with Crippen LogP contribution < -0.4 is 11.1 Å². The van der Waals surface area contributed by atoms with Crippen molar-refractivity contribution in [1.82, 2.24) is 5.16 Å². The molecule has 8 heteroatoms. The van der Waals surface area contributed by atoms with Gasteiger partial charge in [0.1, 0.15) is 0 Å². The van der Waals surface area contributed by atoms with Gasteiger partial charge in [0, 0.05) is 30.4 Å². The van der Waals surface area contributed by atoms with Crippen molar-refractivity contribution in [3.05, 3.63) is 83.0 Å². The largest absolute Gasteiger partial charge is 0.396 e. The second kappa shape index (κ2) is 12.5. The maximum atomic E-state index is 12.7. The highest BCUT2D eigenvalue weighted by Gasteiger charge is 2.14. The molecule has 3 rings (SSSR count). The van der Waals surface area contributed by atoms with Crippen LogP contribution in [0.5, 0.6) is 0 Å². The monoisotopic (exact) mass is 450 g/mol. The lowest BCUT2D eigenvalue weighted by Crippen LogP contribution is -2.23. The van der Waals surface area contributed by atoms with E-state index in [9.17, 15) is 4.79 Å². The van der Waals surface area contributed by atoms with Crippen LogP contribution in [-0.2, 0) is 11.2 Å². The van der Waals surface area contributed by atoms with Crippen LogP contribution >= 0.6 is 0 Å². The molecule has 0 aliphatic heterocycles. The maximum absolute atomic E-state index is 12.7. The first-order valence-corrected chi connectivity index (χ1v) is 11.0. The minimum atomic E-state index is 0.00568. The zero-order valence-corrected chi connectivity index (χ0v) is 18.7. The first kappa shape index (κ1) is 24.2. The van der Waals surface area contributed by atoms with Gasteiger partial charge in [-0.15, -0.1) is 0 Å². The van der Waals surface area contributed by atoms with Crippen LogP contribution in [0.4, 0.5) is 5.88 Å². The summed E-state index contributed by atoms with van der Waals surface area (Å²) in [4.78, 5) is 16.9. The molecule has 1 heterocycles. The Morgan fingerprint density at radius 2 is 1.94 bits per heavy atom. The SMILES string of the molecule is CC(Cc1cc(NC(N)=NCCOCCCO)on1)c1cccc(C(=O)c2ccccc2)c1. The number of aliphatic imine (C=N–C) groups is 1. The standard InChI is InChI=1S/C25H30N4O4/c1-18(20-9-5-10-21(16-20)24(31)19-7-3-2-4-8-19)15-22-17-23(33-29-22)28-25(26)27-11-14-32-13-6-12-30/h2-5,7-10,16-18,30H,6,11-15H2,1H3,(H3,26,27,28). The van der Waals surface area contributed by atoms with Crippen LogP contribution in [-0.4, -0.2) is 48.4 Å². The summed E-state index contributed by atoms with van der Waals surface area (Å²) in [5.41, 5.74) is 9.02. The van der Waals surface area contributed by atoms with Crippen LogP contribution in [0.25, 0.3) is 0 Å². The molecule has 33 heavy (non-hydrogen) atoms. The van der Waals surface area contributed by atoms with Crippen molar-refractivity contribution in [1.29, 1.82) is 0 Å². The fourth-order valence-corrected chi connectivity index (χ4v) is 3.31. The van der Waals surface area contributed by atoms with Gasteiger partial charge in [0.25, 0.3) is 0 Å². The zero-order chi connectivity index (χ0) is 23.5. The normalized spacial score (nSPS) is 12.5. The summed E-state index contributed by atoms with van der Waals surface area (Å²) < 4.78 is 10.6. The predicted octanol–water partition coefficient (Wildman–Crippen LogP) is 3.38. The number of ketones is 1. The van der Waals surface area contributed by atoms with Crippen molar-refractivity contribution < 1.29 is 19.2 Å². The van der Waals surface area contributed by atoms with Gasteiger partial charge in [-0.1, -0.05) is 60.6 Å². The van der Waals surface area contributed by atoms with E-state index < -0.39 is 0 Å². The highest BCUT2D eigenvalue weighted by Crippen LogP contribution is 2.23. The Kier molecular flexibility index (Phi) is 9.17. The summed E-state index contributed by atoms with van der Waals surface area (Å²) in [6.45, 7) is 3.51. The number of aromatic nitrogens is 1. The highest BCUT2D eigenvalue weighted by molar-refractivity contribution is 6.09. The first-order chi connectivity index (χ1) is 16.1. The molecular weight excluding hydrogens is 420 g/mol. The number of benzene rings is 2. The summed E-state index contributed by atoms with van der Waals surface area (Å²) in [5.74, 6) is 0.760. The van der Waals surface area contributed by atoms with Crippen molar-refractivity contribution in [2.45, 2.75) is 25.7 Å². The minimum absolute atomic E-state index is 0.00568. The van der Waals surface area contributed by atoms with Crippen LogP contribution in [0.2, 0.25) is 0 Å². The Hall–Kier alpha value is -3.49. The molecule has 8 nitrogen and oxygen atoms in total. The molecule has 1 unspecified atom stereocenters. The van der Waals surface area contributed by atoms with Gasteiger partial charge >= 0.3 is 0 Å². The molecule has 0 aliphatic carbocycles. The van der Waals surface area contributed by atoms with Crippen molar-refractivity contribution in [3.8, 4) is 0 Å². The van der Waals surface area contributed by atoms with Crippen molar-refractivity contribution in [3.63, 3.8) is 0 Å². The topological polar surface area (TPSA) is 123 Å². The molecule has 0 radical (unpaired) electrons. The van der Waals surface area contributed by atoms with Gasteiger partial charge in [0.2, 0.25) is 5.88 Å². The number of anilines is 1. The molecule has 0 saturated heterocycles. The molecule has 2 aromatic carbocycles. The van der Waals surface area contributed by atoms with E-state index in [-0.39, 0.29) is 24.3 Å². The molecule has 0 bridgehead atoms. The number of aliphatic hydroxyl groups excluding tert-OH is 1. The molecule has 3 aromatic rings. The fraction of sp³-hybridized carbons (Fsp3) is 0.320. The molecule has 0 saturated carbocycles. The lowest BCUT2D eigenvalue weighted by atomic mass is 9.93. The third kappa shape index (κ3) is 7.55. The summed E-state index contributed by atoms with van der Waals surface area (Å²) in [5, 5.41) is 15.7. The number of carbonyl (C=O) groups is 1. The first-order valence-electron chi connectivity index (χ1n) is 11.0. The predicted molar refractivity (Wildman–Crippen MR) is 128 cm³/mol. The van der Waals surface area contributed by atoms with Crippen LogP contribution in [0.1, 0.15) is 46.4 Å². The number of ether oxygens (including phenoxy) is 1. The summed E-state index contributed by atoms with van der Waals surface area (Å²) in [6, 6.07) is 18.7. The third-order valence-corrected chi connectivity index (χ3v) is 5.04. The van der Waals surface area contributed by atoms with E-state index >= 15 is 0 Å². The number of nitrogens with zero attached hydrogens (tertiary/aromatic N) is 2. The van der Waals surface area contributed by atoms with Crippen LogP contribution in [0, 0.1) is 0 Å². The number of nitrogens with one attached hydrogen (secondary N) is 1. The molecule has 4 N–H and O–H groups in total. The Morgan fingerprint density at radius 1 is 1.15 bits per heavy atom. The van der Waals surface area contributed by atoms with E-state index in [4.69, 9.17) is 20.1 Å². The number of rotatable bonds is 12. The third-order valence-electron chi connectivity index (χ3n) is 5.04. The molecular formula is C25H30N4O4. The minimum Gasteiger partial charge on any atom is -0.396 e. The maximum Gasteiger partial charge on any atom is 0.231 e. The number of guanidine groups is 1. The highest BCUT2D eigenvalue weighted by atomic mass is 16.5. The van der Waals surface area contributed by atoms with Crippen molar-refractivity contribution in [2.24, 2.45) is 10.7 Å². The van der Waals surface area contributed by atoms with Crippen molar-refractivity contribution in [2.75, 3.05) is 31.7 Å². The molecule has 1 aromatic heterocycles. The average molecular weight is 451 g/mol. The van der Waals surface area contributed by atoms with Gasteiger partial charge in [0.05, 0.1) is 18.8 Å². The lowest BCUT2D eigenvalue weighted by Gasteiger charge is -2.11. The Labute approximate surface area is 193 Å². The van der Waals surface area contributed by atoms with E-state index in [1.807, 2.05) is 54.6 Å². The molecule has 0 aliphatic rings.